The van der Waals surface area contributed by atoms with Gasteiger partial charge in [-0.05, 0) is 30.0 Å². The molecule has 214 valence electrons. The van der Waals surface area contributed by atoms with Gasteiger partial charge in [0, 0.05) is 43.0 Å². The number of amides is 2. The first-order valence-corrected chi connectivity index (χ1v) is 13.8. The second-order valence-corrected chi connectivity index (χ2v) is 11.2. The molecule has 5 aromatic rings. The third-order valence-corrected chi connectivity index (χ3v) is 8.92. The smallest absolute Gasteiger partial charge is 0.259 e. The van der Waals surface area contributed by atoms with E-state index >= 15 is 0 Å². The number of carbonyl (C=O) groups excluding carboxylic acids is 2. The number of rotatable bonds is 4. The van der Waals surface area contributed by atoms with Crippen molar-refractivity contribution in [3.8, 4) is 0 Å². The third-order valence-electron chi connectivity index (χ3n) is 8.92. The molecule has 2 amide bonds. The lowest BCUT2D eigenvalue weighted by Crippen LogP contribution is -2.62. The summed E-state index contributed by atoms with van der Waals surface area (Å²) in [6.07, 6.45) is -4.34. The lowest BCUT2D eigenvalue weighted by molar-refractivity contribution is -0.236. The minimum atomic E-state index is -1.47. The van der Waals surface area contributed by atoms with E-state index in [0.717, 1.165) is 63.2 Å². The second-order valence-electron chi connectivity index (χ2n) is 11.2. The van der Waals surface area contributed by atoms with Gasteiger partial charge in [-0.2, -0.15) is 0 Å². The lowest BCUT2D eigenvalue weighted by Gasteiger charge is -2.40. The Morgan fingerprint density at radius 2 is 1.78 bits per heavy atom. The van der Waals surface area contributed by atoms with E-state index in [1.54, 1.807) is 0 Å². The standard InChI is InChI=1S/C30H28N4O7.2H2/c35-11-17-25(36)26(37)27(38)30(41-17)31-10-12-6-7-14-16(9-12)32-22-18(14)20-21(29(40)33-28(20)39)19-15-5-1-3-13-4-2-8-34(23(13)15)24(19)22;;/h1,3,5-7,9,17,25-27,30-32,35-38H,2,4,8,10-11H2,(H,33,39,40);2*1H/t17-,25-,26+,27-,30?;;/m1../s1. The molecule has 1 fully saturated rings. The molecule has 41 heavy (non-hydrogen) atoms. The van der Waals surface area contributed by atoms with Crippen LogP contribution in [0.1, 0.15) is 41.1 Å². The number of para-hydroxylation sites is 1. The molecule has 11 heteroatoms. The van der Waals surface area contributed by atoms with Crippen molar-refractivity contribution < 1.29 is 37.6 Å². The summed E-state index contributed by atoms with van der Waals surface area (Å²) in [7, 11) is 0. The summed E-state index contributed by atoms with van der Waals surface area (Å²) in [4.78, 5) is 29.9. The molecule has 1 saturated heterocycles. The molecule has 1 unspecified atom stereocenters. The number of carbonyl (C=O) groups is 2. The van der Waals surface area contributed by atoms with Crippen molar-refractivity contribution in [2.45, 2.75) is 56.6 Å². The fourth-order valence-corrected chi connectivity index (χ4v) is 7.06. The molecule has 0 aliphatic carbocycles. The molecule has 3 aromatic carbocycles. The number of benzene rings is 3. The number of nitrogens with zero attached hydrogens (tertiary/aromatic N) is 1. The van der Waals surface area contributed by atoms with Crippen LogP contribution in [0.25, 0.3) is 43.6 Å². The summed E-state index contributed by atoms with van der Waals surface area (Å²) in [5.41, 5.74) is 6.49. The molecular weight excluding hydrogens is 528 g/mol. The normalized spacial score (nSPS) is 26.0. The van der Waals surface area contributed by atoms with E-state index in [4.69, 9.17) is 4.74 Å². The van der Waals surface area contributed by atoms with E-state index in [1.807, 2.05) is 30.3 Å². The first-order chi connectivity index (χ1) is 19.9. The number of ether oxygens (including phenoxy) is 1. The number of aromatic amines is 1. The highest BCUT2D eigenvalue weighted by Gasteiger charge is 2.43. The summed E-state index contributed by atoms with van der Waals surface area (Å²) in [6.45, 7) is 0.561. The van der Waals surface area contributed by atoms with Crippen LogP contribution in [-0.4, -0.2) is 79.0 Å². The number of aliphatic hydroxyl groups is 4. The highest BCUT2D eigenvalue weighted by molar-refractivity contribution is 6.39. The van der Waals surface area contributed by atoms with Gasteiger partial charge in [0.25, 0.3) is 11.8 Å². The quantitative estimate of drug-likeness (QED) is 0.163. The van der Waals surface area contributed by atoms with Gasteiger partial charge < -0.3 is 34.7 Å². The van der Waals surface area contributed by atoms with E-state index in [-0.39, 0.29) is 15.3 Å². The largest absolute Gasteiger partial charge is 0.394 e. The molecule has 0 saturated carbocycles. The monoisotopic (exact) mass is 560 g/mol. The predicted molar refractivity (Wildman–Crippen MR) is 154 cm³/mol. The van der Waals surface area contributed by atoms with Gasteiger partial charge >= 0.3 is 0 Å². The maximum atomic E-state index is 13.2. The van der Waals surface area contributed by atoms with Gasteiger partial charge in [0.05, 0.1) is 34.3 Å². The Morgan fingerprint density at radius 1 is 0.976 bits per heavy atom. The van der Waals surface area contributed by atoms with Crippen molar-refractivity contribution in [1.82, 2.24) is 20.2 Å². The third kappa shape index (κ3) is 3.35. The SMILES string of the molecule is O=C1NC(=O)c2c1c1c3ccc(CNC4O[C@H](CO)[C@@H](O)[C@H](O)[C@H]4O)cc3[nH]c1c1c2c2cccc3c2n1CCC3.[HH].[HH]. The van der Waals surface area contributed by atoms with Crippen LogP contribution in [0.4, 0.5) is 0 Å². The van der Waals surface area contributed by atoms with Crippen molar-refractivity contribution in [3.63, 3.8) is 0 Å². The number of hydrogen-bond donors (Lipinski definition) is 7. The van der Waals surface area contributed by atoms with E-state index in [2.05, 4.69) is 26.3 Å². The molecule has 0 bridgehead atoms. The van der Waals surface area contributed by atoms with Crippen molar-refractivity contribution in [1.29, 1.82) is 0 Å². The second kappa shape index (κ2) is 8.83. The fraction of sp³-hybridized carbons (Fsp3) is 0.333. The highest BCUT2D eigenvalue weighted by atomic mass is 16.6. The first-order valence-electron chi connectivity index (χ1n) is 13.8. The Hall–Kier alpha value is -3.84. The van der Waals surface area contributed by atoms with E-state index < -0.39 is 43.2 Å². The van der Waals surface area contributed by atoms with Crippen LogP contribution < -0.4 is 10.6 Å². The molecule has 0 radical (unpaired) electrons. The van der Waals surface area contributed by atoms with Crippen LogP contribution in [0.2, 0.25) is 0 Å². The van der Waals surface area contributed by atoms with Crippen LogP contribution in [-0.2, 0) is 24.2 Å². The summed E-state index contributed by atoms with van der Waals surface area (Å²) in [5, 5.41) is 48.9. The zero-order valence-corrected chi connectivity index (χ0v) is 21.8. The maximum absolute atomic E-state index is 13.2. The van der Waals surface area contributed by atoms with E-state index in [1.165, 1.54) is 5.56 Å². The average molecular weight is 561 g/mol. The van der Waals surface area contributed by atoms with Crippen LogP contribution in [0, 0.1) is 0 Å². The molecule has 5 atom stereocenters. The van der Waals surface area contributed by atoms with Crippen LogP contribution in [0.15, 0.2) is 36.4 Å². The Labute approximate surface area is 235 Å². The number of aromatic nitrogens is 2. The van der Waals surface area contributed by atoms with Gasteiger partial charge in [0.15, 0.2) is 0 Å². The molecule has 8 rings (SSSR count). The van der Waals surface area contributed by atoms with Crippen LogP contribution in [0.3, 0.4) is 0 Å². The zero-order valence-electron chi connectivity index (χ0n) is 21.8. The lowest BCUT2D eigenvalue weighted by atomic mass is 9.96. The molecule has 3 aliphatic rings. The van der Waals surface area contributed by atoms with Crippen molar-refractivity contribution in [3.05, 3.63) is 58.7 Å². The molecule has 2 aromatic heterocycles. The van der Waals surface area contributed by atoms with Gasteiger partial charge in [0.2, 0.25) is 0 Å². The van der Waals surface area contributed by atoms with Crippen molar-refractivity contribution in [2.24, 2.45) is 0 Å². The zero-order chi connectivity index (χ0) is 28.2. The molecule has 7 N–H and O–H groups in total. The van der Waals surface area contributed by atoms with Crippen molar-refractivity contribution >= 4 is 55.4 Å². The Balaban J connectivity index is 0.00000165. The molecular formula is C30H32N4O7. The number of aliphatic hydroxyl groups excluding tert-OH is 4. The van der Waals surface area contributed by atoms with Gasteiger partial charge in [-0.15, -0.1) is 0 Å². The number of hydrogen-bond acceptors (Lipinski definition) is 8. The number of fused-ring (bicyclic) bond motifs is 10. The Kier molecular flexibility index (Phi) is 5.36. The van der Waals surface area contributed by atoms with Gasteiger partial charge in [-0.1, -0.05) is 30.3 Å². The molecule has 0 spiro atoms. The molecule has 3 aliphatic heterocycles. The number of H-pyrrole nitrogens is 1. The summed E-state index contributed by atoms with van der Waals surface area (Å²) in [5.74, 6) is -0.784. The topological polar surface area (TPSA) is 169 Å². The van der Waals surface area contributed by atoms with Gasteiger partial charge in [0.1, 0.15) is 30.6 Å². The highest BCUT2D eigenvalue weighted by Crippen LogP contribution is 2.45. The summed E-state index contributed by atoms with van der Waals surface area (Å²) >= 11 is 0. The van der Waals surface area contributed by atoms with Gasteiger partial charge in [-0.25, -0.2) is 0 Å². The Bertz CT molecular complexity index is 1950. The number of nitrogens with one attached hydrogen (secondary N) is 3. The summed E-state index contributed by atoms with van der Waals surface area (Å²) in [6, 6.07) is 11.9. The molecule has 11 nitrogen and oxygen atoms in total. The van der Waals surface area contributed by atoms with E-state index in [9.17, 15) is 30.0 Å². The first kappa shape index (κ1) is 24.9. The Morgan fingerprint density at radius 3 is 2.59 bits per heavy atom. The van der Waals surface area contributed by atoms with Gasteiger partial charge in [-0.3, -0.25) is 20.2 Å². The number of imide groups is 1. The van der Waals surface area contributed by atoms with Crippen molar-refractivity contribution in [2.75, 3.05) is 6.61 Å². The molecule has 5 heterocycles. The number of aryl methyl sites for hydroxylation is 2. The average Bonchev–Trinajstić information content (AvgIpc) is 3.61. The minimum absolute atomic E-state index is 0. The maximum Gasteiger partial charge on any atom is 0.259 e. The van der Waals surface area contributed by atoms with Crippen LogP contribution in [0.5, 0.6) is 0 Å². The van der Waals surface area contributed by atoms with Crippen LogP contribution >= 0.6 is 0 Å². The summed E-state index contributed by atoms with van der Waals surface area (Å²) < 4.78 is 7.85. The fourth-order valence-electron chi connectivity index (χ4n) is 7.06. The minimum Gasteiger partial charge on any atom is -0.394 e. The van der Waals surface area contributed by atoms with E-state index in [0.29, 0.717) is 16.5 Å². The predicted octanol–water partition coefficient (Wildman–Crippen LogP) is 1.64.